The minimum absolute atomic E-state index is 0.00620. The second-order valence-corrected chi connectivity index (χ2v) is 8.81. The summed E-state index contributed by atoms with van der Waals surface area (Å²) in [7, 11) is 0. The highest BCUT2D eigenvalue weighted by Gasteiger charge is 2.49. The van der Waals surface area contributed by atoms with Crippen LogP contribution in [0.4, 0.5) is 4.39 Å². The molecule has 0 spiro atoms. The first-order chi connectivity index (χ1) is 15.2. The Morgan fingerprint density at radius 1 is 1.29 bits per heavy atom. The molecule has 5 rings (SSSR count). The fraction of sp³-hybridized carbons (Fsp3) is 0.565. The predicted molar refractivity (Wildman–Crippen MR) is 112 cm³/mol. The summed E-state index contributed by atoms with van der Waals surface area (Å²) in [6.07, 6.45) is 7.42. The third-order valence-corrected chi connectivity index (χ3v) is 6.87. The highest BCUT2D eigenvalue weighted by atomic mass is 19.1. The summed E-state index contributed by atoms with van der Waals surface area (Å²) in [5.74, 6) is 0.903. The number of ether oxygens (including phenoxy) is 2. The van der Waals surface area contributed by atoms with Crippen LogP contribution in [-0.4, -0.2) is 59.8 Å². The van der Waals surface area contributed by atoms with Crippen LogP contribution in [0.2, 0.25) is 0 Å². The highest BCUT2D eigenvalue weighted by Crippen LogP contribution is 2.48. The fourth-order valence-electron chi connectivity index (χ4n) is 5.28. The molecule has 1 amide bonds. The Morgan fingerprint density at radius 2 is 2.16 bits per heavy atom. The van der Waals surface area contributed by atoms with E-state index < -0.39 is 0 Å². The molecule has 2 saturated heterocycles. The van der Waals surface area contributed by atoms with Crippen molar-refractivity contribution in [3.8, 4) is 5.75 Å². The van der Waals surface area contributed by atoms with Gasteiger partial charge in [0.15, 0.2) is 0 Å². The number of hydrogen-bond donors (Lipinski definition) is 1. The lowest BCUT2D eigenvalue weighted by atomic mass is 9.84. The van der Waals surface area contributed by atoms with Crippen LogP contribution in [0.15, 0.2) is 36.9 Å². The first-order valence-corrected chi connectivity index (χ1v) is 11.2. The quantitative estimate of drug-likeness (QED) is 0.764. The van der Waals surface area contributed by atoms with E-state index in [4.69, 9.17) is 9.47 Å². The number of likely N-dealkylation sites (tertiary alicyclic amines) is 1. The standard InChI is InChI=1S/C23H29FN4O3/c24-17-1-2-21-18(11-17)22-20(14-31-21)19(13-28(22)12-16-3-9-30-10-4-16)23(29)26-6-8-27-7-5-25-15-27/h1-2,5,7,11,15-16,19-20,22H,3-4,6,8-10,12-14H2,(H,26,29)/t19-,20+,22+/m1/s1. The van der Waals surface area contributed by atoms with Crippen LogP contribution in [0.3, 0.4) is 0 Å². The summed E-state index contributed by atoms with van der Waals surface area (Å²) in [6, 6.07) is 4.75. The van der Waals surface area contributed by atoms with Crippen LogP contribution in [0.25, 0.3) is 0 Å². The smallest absolute Gasteiger partial charge is 0.224 e. The van der Waals surface area contributed by atoms with Crippen LogP contribution in [-0.2, 0) is 16.1 Å². The van der Waals surface area contributed by atoms with Crippen LogP contribution >= 0.6 is 0 Å². The summed E-state index contributed by atoms with van der Waals surface area (Å²) in [6.45, 7) is 4.87. The lowest BCUT2D eigenvalue weighted by molar-refractivity contribution is -0.126. The van der Waals surface area contributed by atoms with E-state index in [9.17, 15) is 9.18 Å². The first-order valence-electron chi connectivity index (χ1n) is 11.2. The Labute approximate surface area is 181 Å². The molecule has 4 heterocycles. The first kappa shape index (κ1) is 20.5. The van der Waals surface area contributed by atoms with E-state index in [0.29, 0.717) is 32.2 Å². The number of rotatable bonds is 6. The minimum Gasteiger partial charge on any atom is -0.493 e. The topological polar surface area (TPSA) is 68.6 Å². The Morgan fingerprint density at radius 3 is 2.97 bits per heavy atom. The molecular weight excluding hydrogens is 399 g/mol. The van der Waals surface area contributed by atoms with Gasteiger partial charge in [-0.25, -0.2) is 9.37 Å². The zero-order chi connectivity index (χ0) is 21.2. The molecule has 31 heavy (non-hydrogen) atoms. The molecule has 0 unspecified atom stereocenters. The van der Waals surface area contributed by atoms with E-state index in [1.165, 1.54) is 6.07 Å². The van der Waals surface area contributed by atoms with Gasteiger partial charge in [0.1, 0.15) is 11.6 Å². The summed E-state index contributed by atoms with van der Waals surface area (Å²) in [5.41, 5.74) is 0.872. The average Bonchev–Trinajstić information content (AvgIpc) is 3.42. The molecule has 2 fully saturated rings. The van der Waals surface area contributed by atoms with Crippen molar-refractivity contribution in [2.45, 2.75) is 25.4 Å². The Kier molecular flexibility index (Phi) is 5.91. The second-order valence-electron chi connectivity index (χ2n) is 8.81. The van der Waals surface area contributed by atoms with Gasteiger partial charge in [-0.15, -0.1) is 0 Å². The molecule has 0 aliphatic carbocycles. The minimum atomic E-state index is -0.262. The molecule has 1 N–H and O–H groups in total. The van der Waals surface area contributed by atoms with Gasteiger partial charge in [0, 0.05) is 69.3 Å². The van der Waals surface area contributed by atoms with Gasteiger partial charge < -0.3 is 19.4 Å². The van der Waals surface area contributed by atoms with E-state index in [0.717, 1.165) is 43.9 Å². The van der Waals surface area contributed by atoms with E-state index in [1.807, 2.05) is 10.8 Å². The lowest BCUT2D eigenvalue weighted by Gasteiger charge is -2.36. The number of nitrogens with one attached hydrogen (secondary N) is 1. The molecular formula is C23H29FN4O3. The number of nitrogens with zero attached hydrogens (tertiary/aromatic N) is 3. The van der Waals surface area contributed by atoms with E-state index >= 15 is 0 Å². The van der Waals surface area contributed by atoms with E-state index in [-0.39, 0.29) is 29.6 Å². The maximum atomic E-state index is 14.1. The van der Waals surface area contributed by atoms with E-state index in [2.05, 4.69) is 15.2 Å². The third-order valence-electron chi connectivity index (χ3n) is 6.87. The van der Waals surface area contributed by atoms with Crippen molar-refractivity contribution < 1.29 is 18.7 Å². The number of aromatic nitrogens is 2. The van der Waals surface area contributed by atoms with Gasteiger partial charge >= 0.3 is 0 Å². The molecule has 1 aromatic carbocycles. The monoisotopic (exact) mass is 428 g/mol. The molecule has 1 aromatic heterocycles. The van der Waals surface area contributed by atoms with Gasteiger partial charge in [-0.1, -0.05) is 0 Å². The van der Waals surface area contributed by atoms with Gasteiger partial charge in [0.05, 0.1) is 18.9 Å². The number of hydrogen-bond acceptors (Lipinski definition) is 5. The summed E-state index contributed by atoms with van der Waals surface area (Å²) in [4.78, 5) is 19.6. The number of carbonyl (C=O) groups is 1. The molecule has 0 radical (unpaired) electrons. The van der Waals surface area contributed by atoms with Crippen LogP contribution in [0.1, 0.15) is 24.4 Å². The van der Waals surface area contributed by atoms with Crippen molar-refractivity contribution in [1.82, 2.24) is 19.8 Å². The largest absolute Gasteiger partial charge is 0.493 e. The number of fused-ring (bicyclic) bond motifs is 3. The SMILES string of the molecule is O=C(NCCn1ccnc1)[C@@H]1CN(CC2CCOCC2)[C@H]2c3cc(F)ccc3OC[C@@H]12. The molecule has 0 saturated carbocycles. The molecule has 3 aliphatic heterocycles. The normalized spacial score (nSPS) is 26.2. The molecule has 3 atom stereocenters. The van der Waals surface area contributed by atoms with Crippen molar-refractivity contribution in [3.63, 3.8) is 0 Å². The number of imidazole rings is 1. The molecule has 166 valence electrons. The average molecular weight is 429 g/mol. The van der Waals surface area contributed by atoms with Gasteiger partial charge in [-0.3, -0.25) is 9.69 Å². The summed E-state index contributed by atoms with van der Waals surface area (Å²) in [5, 5.41) is 3.09. The van der Waals surface area contributed by atoms with Crippen molar-refractivity contribution in [3.05, 3.63) is 48.3 Å². The highest BCUT2D eigenvalue weighted by molar-refractivity contribution is 5.80. The van der Waals surface area contributed by atoms with Crippen molar-refractivity contribution in [2.24, 2.45) is 17.8 Å². The van der Waals surface area contributed by atoms with Crippen LogP contribution in [0, 0.1) is 23.6 Å². The van der Waals surface area contributed by atoms with Gasteiger partial charge in [-0.05, 0) is 37.0 Å². The Hall–Kier alpha value is -2.45. The number of carbonyl (C=O) groups excluding carboxylic acids is 1. The van der Waals surface area contributed by atoms with Crippen LogP contribution < -0.4 is 10.1 Å². The number of benzene rings is 1. The number of amides is 1. The second kappa shape index (κ2) is 8.96. The summed E-state index contributed by atoms with van der Waals surface area (Å²) < 4.78 is 27.5. The van der Waals surface area contributed by atoms with Crippen molar-refractivity contribution in [1.29, 1.82) is 0 Å². The lowest BCUT2D eigenvalue weighted by Crippen LogP contribution is -2.39. The molecule has 2 aromatic rings. The van der Waals surface area contributed by atoms with Gasteiger partial charge in [0.2, 0.25) is 5.91 Å². The Bertz CT molecular complexity index is 900. The molecule has 3 aliphatic rings. The molecule has 8 heteroatoms. The van der Waals surface area contributed by atoms with Gasteiger partial charge in [0.25, 0.3) is 0 Å². The third kappa shape index (κ3) is 4.32. The Balaban J connectivity index is 1.33. The maximum Gasteiger partial charge on any atom is 0.224 e. The van der Waals surface area contributed by atoms with Crippen molar-refractivity contribution in [2.75, 3.05) is 39.5 Å². The van der Waals surface area contributed by atoms with Crippen molar-refractivity contribution >= 4 is 5.91 Å². The predicted octanol–water partition coefficient (Wildman–Crippen LogP) is 2.25. The van der Waals surface area contributed by atoms with Crippen LogP contribution in [0.5, 0.6) is 5.75 Å². The van der Waals surface area contributed by atoms with Gasteiger partial charge in [-0.2, -0.15) is 0 Å². The van der Waals surface area contributed by atoms with E-state index in [1.54, 1.807) is 24.7 Å². The maximum absolute atomic E-state index is 14.1. The zero-order valence-electron chi connectivity index (χ0n) is 17.6. The summed E-state index contributed by atoms with van der Waals surface area (Å²) >= 11 is 0. The zero-order valence-corrected chi connectivity index (χ0v) is 17.6. The number of halogens is 1. The molecule has 0 bridgehead atoms. The fourth-order valence-corrected chi connectivity index (χ4v) is 5.28. The molecule has 7 nitrogen and oxygen atoms in total.